The summed E-state index contributed by atoms with van der Waals surface area (Å²) in [5.41, 5.74) is 0. The average Bonchev–Trinajstić information content (AvgIpc) is 2.84. The normalized spacial score (nSPS) is 10.6. The van der Waals surface area contributed by atoms with Gasteiger partial charge in [0, 0.05) is 33.6 Å². The van der Waals surface area contributed by atoms with Crippen LogP contribution in [0.2, 0.25) is 0 Å². The minimum absolute atomic E-state index is 0. The van der Waals surface area contributed by atoms with Crippen molar-refractivity contribution in [3.8, 4) is 0 Å². The van der Waals surface area contributed by atoms with E-state index >= 15 is 0 Å². The predicted molar refractivity (Wildman–Crippen MR) is 142 cm³/mol. The molecule has 0 saturated carbocycles. The second-order valence-corrected chi connectivity index (χ2v) is 7.29. The number of ether oxygens (including phenoxy) is 5. The Morgan fingerprint density at radius 2 is 1.00 bits per heavy atom. The van der Waals surface area contributed by atoms with Crippen LogP contribution in [0.15, 0.2) is 0 Å². The van der Waals surface area contributed by atoms with Gasteiger partial charge >= 0.3 is 36.0 Å². The minimum Gasteiger partial charge on any atom is -0.466 e. The Bertz CT molecular complexity index is 655. The Labute approximate surface area is 240 Å². The Kier molecular flexibility index (Phi) is 43.4. The first-order chi connectivity index (χ1) is 18.3. The van der Waals surface area contributed by atoms with Crippen molar-refractivity contribution in [3.05, 3.63) is 0 Å². The van der Waals surface area contributed by atoms with Crippen molar-refractivity contribution in [2.45, 2.75) is 108 Å². The molecule has 0 amide bonds. The lowest BCUT2D eigenvalue weighted by Crippen LogP contribution is -2.18. The van der Waals surface area contributed by atoms with E-state index in [1.807, 2.05) is 6.92 Å². The molecule has 41 heavy (non-hydrogen) atoms. The summed E-state index contributed by atoms with van der Waals surface area (Å²) in [6.45, 7) is 12.8. The van der Waals surface area contributed by atoms with Crippen LogP contribution in [0.3, 0.4) is 0 Å². The van der Waals surface area contributed by atoms with Crippen LogP contribution in [0.4, 0.5) is 22.0 Å². The van der Waals surface area contributed by atoms with Gasteiger partial charge in [0.15, 0.2) is 6.61 Å². The van der Waals surface area contributed by atoms with Gasteiger partial charge in [-0.3, -0.25) is 24.0 Å². The van der Waals surface area contributed by atoms with Crippen molar-refractivity contribution >= 4 is 29.8 Å². The first-order valence-corrected chi connectivity index (χ1v) is 12.3. The molecule has 0 rings (SSSR count). The van der Waals surface area contributed by atoms with Crippen LogP contribution in [-0.4, -0.2) is 81.4 Å². The molecule has 2 atom stereocenters. The summed E-state index contributed by atoms with van der Waals surface area (Å²) in [5, 5.41) is 0. The van der Waals surface area contributed by atoms with Crippen LogP contribution in [0, 0.1) is 0 Å². The zero-order valence-electron chi connectivity index (χ0n) is 24.8. The fraction of sp³-hybridized carbons (Fsp3) is 0.808. The Balaban J connectivity index is -0.0000000932. The quantitative estimate of drug-likeness (QED) is 0.167. The summed E-state index contributed by atoms with van der Waals surface area (Å²) >= 11 is 0. The second-order valence-electron chi connectivity index (χ2n) is 7.29. The molecule has 0 heterocycles. The molecule has 0 aromatic carbocycles. The molecular weight excluding hydrogens is 567 g/mol. The van der Waals surface area contributed by atoms with Crippen molar-refractivity contribution in [1.82, 2.24) is 0 Å². The number of hydrogen-bond donors (Lipinski definition) is 0. The molecule has 0 aliphatic rings. The van der Waals surface area contributed by atoms with E-state index in [-0.39, 0.29) is 38.5 Å². The maximum atomic E-state index is 11.9. The van der Waals surface area contributed by atoms with Crippen molar-refractivity contribution in [1.29, 1.82) is 0 Å². The van der Waals surface area contributed by atoms with Gasteiger partial charge in [-0.05, 0) is 27.2 Å². The highest BCUT2D eigenvalue weighted by Gasteiger charge is 2.28. The third kappa shape index (κ3) is 78.7. The van der Waals surface area contributed by atoms with Crippen molar-refractivity contribution < 1.29 is 69.6 Å². The van der Waals surface area contributed by atoms with Gasteiger partial charge in [-0.15, -0.1) is 0 Å². The molecule has 2 unspecified atom stereocenters. The third-order valence-electron chi connectivity index (χ3n) is 2.82. The first-order valence-electron chi connectivity index (χ1n) is 12.3. The molecule has 0 aliphatic carbocycles. The van der Waals surface area contributed by atoms with Gasteiger partial charge in [0.05, 0.1) is 13.2 Å². The Hall–Kier alpha value is -3.00. The Morgan fingerprint density at radius 1 is 0.634 bits per heavy atom. The molecule has 0 N–H and O–H groups in total. The van der Waals surface area contributed by atoms with Gasteiger partial charge in [0.1, 0.15) is 25.6 Å². The van der Waals surface area contributed by atoms with E-state index in [1.165, 1.54) is 27.7 Å². The van der Waals surface area contributed by atoms with Gasteiger partial charge in [-0.2, -0.15) is 13.2 Å². The summed E-state index contributed by atoms with van der Waals surface area (Å²) < 4.78 is 78.6. The average molecular weight is 617 g/mol. The van der Waals surface area contributed by atoms with Gasteiger partial charge < -0.3 is 23.7 Å². The molecule has 0 aromatic heterocycles. The molecule has 0 bridgehead atoms. The predicted octanol–water partition coefficient (Wildman–Crippen LogP) is 5.87. The van der Waals surface area contributed by atoms with Crippen LogP contribution in [0.25, 0.3) is 0 Å². The lowest BCUT2D eigenvalue weighted by molar-refractivity contribution is -0.184. The number of hydrogen-bond acceptors (Lipinski definition) is 10. The number of rotatable bonds is 10. The molecule has 248 valence electrons. The zero-order valence-corrected chi connectivity index (χ0v) is 24.8. The number of halogens is 5. The summed E-state index contributed by atoms with van der Waals surface area (Å²) in [4.78, 5) is 50.2. The van der Waals surface area contributed by atoms with Crippen LogP contribution in [-0.2, 0) is 47.7 Å². The molecule has 0 aromatic rings. The largest absolute Gasteiger partial charge is 0.466 e. The lowest BCUT2D eigenvalue weighted by atomic mass is 10.4. The second kappa shape index (κ2) is 35.0. The highest BCUT2D eigenvalue weighted by Crippen LogP contribution is 2.14. The van der Waals surface area contributed by atoms with E-state index in [9.17, 15) is 45.9 Å². The van der Waals surface area contributed by atoms with Gasteiger partial charge in [0.2, 0.25) is 0 Å². The summed E-state index contributed by atoms with van der Waals surface area (Å²) in [7, 11) is 0. The molecule has 15 heteroatoms. The van der Waals surface area contributed by atoms with Gasteiger partial charge in [0.25, 0.3) is 0 Å². The van der Waals surface area contributed by atoms with Crippen molar-refractivity contribution in [2.24, 2.45) is 0 Å². The number of esters is 5. The first kappa shape index (κ1) is 50.8. The van der Waals surface area contributed by atoms with E-state index in [0.717, 1.165) is 13.3 Å². The monoisotopic (exact) mass is 616 g/mol. The Morgan fingerprint density at radius 3 is 1.17 bits per heavy atom. The molecule has 0 saturated heterocycles. The van der Waals surface area contributed by atoms with E-state index in [4.69, 9.17) is 0 Å². The fourth-order valence-corrected chi connectivity index (χ4v) is 1.23. The highest BCUT2D eigenvalue weighted by atomic mass is 19.4. The molecule has 0 radical (unpaired) electrons. The topological polar surface area (TPSA) is 132 Å². The van der Waals surface area contributed by atoms with Crippen LogP contribution in [0.5, 0.6) is 0 Å². The standard InChI is InChI=1S/C6H11FO2.C5H9FO2.2C5H10O2.C4H5F3O2.CH4/c1-3-6(8)9-4-5(2)7;1-4(6)3-8-5(2)7;1-3-4-7-5(2)6;1-3-5(6)7-4-2;1-3(8)9-2-4(5,6)7;/h5H,3-4H2,1-2H3;4H,3H2,1-2H3;2*3-4H2,1-2H3;2H2,1H3;1H4. The summed E-state index contributed by atoms with van der Waals surface area (Å²) in [5.74, 6) is -2.02. The fourth-order valence-electron chi connectivity index (χ4n) is 1.23. The molecule has 0 aliphatic heterocycles. The highest BCUT2D eigenvalue weighted by molar-refractivity contribution is 5.69. The smallest absolute Gasteiger partial charge is 0.422 e. The SMILES string of the molecule is C.CC(=O)OCC(C)F.CC(=O)OCC(F)(F)F.CCC(=O)OCC(C)F.CCCOC(C)=O.CCOC(=O)CC. The van der Waals surface area contributed by atoms with Gasteiger partial charge in [-0.1, -0.05) is 28.2 Å². The number of carbonyl (C=O) groups is 5. The van der Waals surface area contributed by atoms with Crippen molar-refractivity contribution in [2.75, 3.05) is 33.0 Å². The zero-order chi connectivity index (χ0) is 32.7. The molecule has 10 nitrogen and oxygen atoms in total. The van der Waals surface area contributed by atoms with Gasteiger partial charge in [-0.25, -0.2) is 8.78 Å². The van der Waals surface area contributed by atoms with E-state index < -0.39 is 37.1 Å². The van der Waals surface area contributed by atoms with E-state index in [2.05, 4.69) is 23.7 Å². The van der Waals surface area contributed by atoms with E-state index in [0.29, 0.717) is 26.1 Å². The summed E-state index contributed by atoms with van der Waals surface area (Å²) in [6.07, 6.45) is -4.83. The van der Waals surface area contributed by atoms with E-state index in [1.54, 1.807) is 20.8 Å². The molecule has 0 fully saturated rings. The van der Waals surface area contributed by atoms with Crippen LogP contribution >= 0.6 is 0 Å². The van der Waals surface area contributed by atoms with Crippen LogP contribution < -0.4 is 0 Å². The molecular formula is C26H49F5O10. The number of carbonyl (C=O) groups excluding carboxylic acids is 5. The van der Waals surface area contributed by atoms with Crippen molar-refractivity contribution in [3.63, 3.8) is 0 Å². The number of alkyl halides is 5. The van der Waals surface area contributed by atoms with Crippen LogP contribution in [0.1, 0.15) is 89.0 Å². The molecule has 0 spiro atoms. The maximum absolute atomic E-state index is 11.9. The third-order valence-corrected chi connectivity index (χ3v) is 2.82. The maximum Gasteiger partial charge on any atom is 0.422 e. The lowest BCUT2D eigenvalue weighted by Gasteiger charge is -2.04. The minimum atomic E-state index is -4.41. The summed E-state index contributed by atoms with van der Waals surface area (Å²) in [6, 6.07) is 0.